The van der Waals surface area contributed by atoms with Crippen molar-refractivity contribution < 1.29 is 4.92 Å². The lowest BCUT2D eigenvalue weighted by Crippen LogP contribution is -2.02. The molecule has 0 saturated carbocycles. The Morgan fingerprint density at radius 3 is 2.45 bits per heavy atom. The molecule has 5 nitrogen and oxygen atoms in total. The molecule has 0 spiro atoms. The minimum atomic E-state index is -0.512. The molecule has 1 aromatic heterocycles. The first-order valence-electron chi connectivity index (χ1n) is 6.24. The molecule has 20 heavy (non-hydrogen) atoms. The maximum atomic E-state index is 10.6. The summed E-state index contributed by atoms with van der Waals surface area (Å²) in [5, 5.41) is 19.9. The van der Waals surface area contributed by atoms with Gasteiger partial charge in [-0.3, -0.25) is 15.1 Å². The molecule has 5 heteroatoms. The first-order chi connectivity index (χ1) is 9.65. The van der Waals surface area contributed by atoms with Crippen LogP contribution in [0.5, 0.6) is 0 Å². The molecule has 1 unspecified atom stereocenters. The van der Waals surface area contributed by atoms with Crippen molar-refractivity contribution in [2.45, 2.75) is 19.3 Å². The van der Waals surface area contributed by atoms with E-state index in [4.69, 9.17) is 0 Å². The van der Waals surface area contributed by atoms with Crippen LogP contribution in [-0.2, 0) is 6.42 Å². The zero-order chi connectivity index (χ0) is 14.5. The van der Waals surface area contributed by atoms with Crippen LogP contribution in [0, 0.1) is 21.4 Å². The monoisotopic (exact) mass is 267 g/mol. The van der Waals surface area contributed by atoms with Gasteiger partial charge in [0, 0.05) is 6.07 Å². The molecular formula is C15H13N3O2. The molecule has 0 aliphatic carbocycles. The second kappa shape index (κ2) is 5.93. The van der Waals surface area contributed by atoms with E-state index in [1.165, 1.54) is 23.9 Å². The summed E-state index contributed by atoms with van der Waals surface area (Å²) >= 11 is 0. The minimum absolute atomic E-state index is 0.0771. The largest absolute Gasteiger partial charge is 0.287 e. The summed E-state index contributed by atoms with van der Waals surface area (Å²) in [4.78, 5) is 14.1. The molecule has 0 N–H and O–H groups in total. The van der Waals surface area contributed by atoms with Gasteiger partial charge in [-0.15, -0.1) is 0 Å². The molecule has 1 aromatic carbocycles. The second-order valence-electron chi connectivity index (χ2n) is 4.36. The molecule has 0 saturated heterocycles. The van der Waals surface area contributed by atoms with Crippen LogP contribution in [0.4, 0.5) is 5.69 Å². The predicted octanol–water partition coefficient (Wildman–Crippen LogP) is 3.21. The summed E-state index contributed by atoms with van der Waals surface area (Å²) in [5.74, 6) is -0.512. The first kappa shape index (κ1) is 13.7. The Balaban J connectivity index is 2.31. The molecule has 1 heterocycles. The van der Waals surface area contributed by atoms with Gasteiger partial charge in [0.15, 0.2) is 0 Å². The van der Waals surface area contributed by atoms with Crippen LogP contribution in [-0.4, -0.2) is 9.91 Å². The van der Waals surface area contributed by atoms with Crippen molar-refractivity contribution in [2.24, 2.45) is 0 Å². The van der Waals surface area contributed by atoms with Gasteiger partial charge in [-0.05, 0) is 23.6 Å². The average Bonchev–Trinajstić information content (AvgIpc) is 2.49. The quantitative estimate of drug-likeness (QED) is 0.629. The highest BCUT2D eigenvalue weighted by molar-refractivity contribution is 5.38. The van der Waals surface area contributed by atoms with Crippen molar-refractivity contribution in [2.75, 3.05) is 0 Å². The molecule has 100 valence electrons. The topological polar surface area (TPSA) is 79.8 Å². The third-order valence-electron chi connectivity index (χ3n) is 3.13. The highest BCUT2D eigenvalue weighted by atomic mass is 16.6. The van der Waals surface area contributed by atoms with Gasteiger partial charge in [-0.2, -0.15) is 5.26 Å². The molecule has 2 rings (SSSR count). The lowest BCUT2D eigenvalue weighted by Gasteiger charge is -2.09. The van der Waals surface area contributed by atoms with Crippen LogP contribution in [0.15, 0.2) is 42.6 Å². The number of pyridine rings is 1. The Bertz CT molecular complexity index is 642. The Hall–Kier alpha value is -2.74. The van der Waals surface area contributed by atoms with Crippen LogP contribution in [0.3, 0.4) is 0 Å². The summed E-state index contributed by atoms with van der Waals surface area (Å²) in [6.07, 6.45) is 2.12. The summed E-state index contributed by atoms with van der Waals surface area (Å²) in [6.45, 7) is 2.06. The van der Waals surface area contributed by atoms with Gasteiger partial charge in [0.2, 0.25) is 0 Å². The van der Waals surface area contributed by atoms with E-state index in [1.807, 2.05) is 24.3 Å². The smallest absolute Gasteiger partial charge is 0.258 e. The summed E-state index contributed by atoms with van der Waals surface area (Å²) in [5.41, 5.74) is 2.47. The minimum Gasteiger partial charge on any atom is -0.258 e. The van der Waals surface area contributed by atoms with E-state index in [0.717, 1.165) is 12.0 Å². The summed E-state index contributed by atoms with van der Waals surface area (Å²) < 4.78 is 0. The highest BCUT2D eigenvalue weighted by Crippen LogP contribution is 2.24. The molecule has 0 radical (unpaired) electrons. The third-order valence-corrected chi connectivity index (χ3v) is 3.13. The maximum absolute atomic E-state index is 10.6. The highest BCUT2D eigenvalue weighted by Gasteiger charge is 2.16. The van der Waals surface area contributed by atoms with E-state index < -0.39 is 10.8 Å². The molecule has 0 amide bonds. The van der Waals surface area contributed by atoms with Crippen molar-refractivity contribution in [3.63, 3.8) is 0 Å². The number of aromatic nitrogens is 1. The van der Waals surface area contributed by atoms with Crippen LogP contribution >= 0.6 is 0 Å². The number of benzene rings is 1. The third kappa shape index (κ3) is 2.81. The Labute approximate surface area is 116 Å². The lowest BCUT2D eigenvalue weighted by atomic mass is 9.95. The molecule has 2 aromatic rings. The van der Waals surface area contributed by atoms with E-state index in [0.29, 0.717) is 5.69 Å². The number of hydrogen-bond acceptors (Lipinski definition) is 4. The normalized spacial score (nSPS) is 11.6. The number of aryl methyl sites for hydroxylation is 1. The van der Waals surface area contributed by atoms with E-state index in [1.54, 1.807) is 0 Å². The zero-order valence-corrected chi connectivity index (χ0v) is 11.0. The van der Waals surface area contributed by atoms with Crippen LogP contribution in [0.1, 0.15) is 29.7 Å². The Morgan fingerprint density at radius 1 is 1.30 bits per heavy atom. The molecule has 0 aliphatic heterocycles. The number of hydrogen-bond donors (Lipinski definition) is 0. The molecule has 0 bridgehead atoms. The van der Waals surface area contributed by atoms with E-state index in [2.05, 4.69) is 18.0 Å². The van der Waals surface area contributed by atoms with Crippen molar-refractivity contribution in [3.05, 3.63) is 69.5 Å². The molecule has 0 fully saturated rings. The Kier molecular flexibility index (Phi) is 4.06. The van der Waals surface area contributed by atoms with Crippen molar-refractivity contribution in [1.29, 1.82) is 5.26 Å². The van der Waals surface area contributed by atoms with E-state index in [-0.39, 0.29) is 5.69 Å². The first-order valence-corrected chi connectivity index (χ1v) is 6.24. The molecule has 1 atom stereocenters. The Morgan fingerprint density at radius 2 is 2.00 bits per heavy atom. The zero-order valence-electron chi connectivity index (χ0n) is 11.0. The van der Waals surface area contributed by atoms with Gasteiger partial charge in [0.05, 0.1) is 16.7 Å². The second-order valence-corrected chi connectivity index (χ2v) is 4.36. The number of rotatable bonds is 4. The lowest BCUT2D eigenvalue weighted by molar-refractivity contribution is -0.385. The SMILES string of the molecule is CCc1ccc(C(C#N)c2ccc([N+](=O)[O-])cn2)cc1. The van der Waals surface area contributed by atoms with E-state index in [9.17, 15) is 15.4 Å². The van der Waals surface area contributed by atoms with E-state index >= 15 is 0 Å². The fourth-order valence-corrected chi connectivity index (χ4v) is 1.93. The van der Waals surface area contributed by atoms with Crippen LogP contribution < -0.4 is 0 Å². The van der Waals surface area contributed by atoms with Gasteiger partial charge in [-0.25, -0.2) is 0 Å². The molecular weight excluding hydrogens is 254 g/mol. The average molecular weight is 267 g/mol. The number of nitrogens with zero attached hydrogens (tertiary/aromatic N) is 3. The van der Waals surface area contributed by atoms with Gasteiger partial charge >= 0.3 is 0 Å². The van der Waals surface area contributed by atoms with Crippen molar-refractivity contribution in [1.82, 2.24) is 4.98 Å². The van der Waals surface area contributed by atoms with Crippen LogP contribution in [0.2, 0.25) is 0 Å². The van der Waals surface area contributed by atoms with Gasteiger partial charge in [0.25, 0.3) is 5.69 Å². The summed E-state index contributed by atoms with van der Waals surface area (Å²) in [7, 11) is 0. The van der Waals surface area contributed by atoms with Crippen molar-refractivity contribution in [3.8, 4) is 6.07 Å². The molecule has 0 aliphatic rings. The predicted molar refractivity (Wildman–Crippen MR) is 74.2 cm³/mol. The van der Waals surface area contributed by atoms with Crippen LogP contribution in [0.25, 0.3) is 0 Å². The number of nitro groups is 1. The fraction of sp³-hybridized carbons (Fsp3) is 0.200. The fourth-order valence-electron chi connectivity index (χ4n) is 1.93. The van der Waals surface area contributed by atoms with Crippen molar-refractivity contribution >= 4 is 5.69 Å². The maximum Gasteiger partial charge on any atom is 0.287 e. The van der Waals surface area contributed by atoms with Gasteiger partial charge < -0.3 is 0 Å². The standard InChI is InChI=1S/C15H13N3O2/c1-2-11-3-5-12(6-4-11)14(9-16)15-8-7-13(10-17-15)18(19)20/h3-8,10,14H,2H2,1H3. The number of nitriles is 1. The summed E-state index contributed by atoms with van der Waals surface area (Å²) in [6, 6.07) is 12.8. The van der Waals surface area contributed by atoms with Gasteiger partial charge in [0.1, 0.15) is 12.1 Å². The van der Waals surface area contributed by atoms with Gasteiger partial charge in [-0.1, -0.05) is 31.2 Å².